The van der Waals surface area contributed by atoms with E-state index in [-0.39, 0.29) is 11.4 Å². The number of halogens is 1. The molecule has 2 heterocycles. The highest BCUT2D eigenvalue weighted by atomic mass is 35.5. The first kappa shape index (κ1) is 10.7. The summed E-state index contributed by atoms with van der Waals surface area (Å²) in [6.45, 7) is 0. The van der Waals surface area contributed by atoms with Gasteiger partial charge in [-0.25, -0.2) is 4.98 Å². The highest BCUT2D eigenvalue weighted by Crippen LogP contribution is 2.49. The van der Waals surface area contributed by atoms with E-state index in [1.165, 1.54) is 19.3 Å². The fourth-order valence-electron chi connectivity index (χ4n) is 2.70. The average molecular weight is 257 g/mol. The normalized spacial score (nSPS) is 27.6. The summed E-state index contributed by atoms with van der Waals surface area (Å²) in [5, 5.41) is 1.50. The van der Waals surface area contributed by atoms with Crippen LogP contribution in [0.15, 0.2) is 9.82 Å². The Hall–Kier alpha value is -0.480. The van der Waals surface area contributed by atoms with Crippen molar-refractivity contribution in [3.8, 4) is 0 Å². The highest BCUT2D eigenvalue weighted by molar-refractivity contribution is 8.00. The number of thioether (sulfide) groups is 1. The highest BCUT2D eigenvalue weighted by Gasteiger charge is 2.38. The average Bonchev–Trinajstić information content (AvgIpc) is 2.67. The van der Waals surface area contributed by atoms with E-state index in [0.717, 1.165) is 17.0 Å². The van der Waals surface area contributed by atoms with Crippen LogP contribution in [0.1, 0.15) is 43.0 Å². The van der Waals surface area contributed by atoms with E-state index in [9.17, 15) is 4.79 Å². The molecule has 3 nitrogen and oxygen atoms in total. The van der Waals surface area contributed by atoms with Crippen molar-refractivity contribution in [2.45, 2.75) is 47.8 Å². The molecule has 2 unspecified atom stereocenters. The predicted octanol–water partition coefficient (Wildman–Crippen LogP) is 2.64. The van der Waals surface area contributed by atoms with E-state index in [2.05, 4.69) is 9.97 Å². The summed E-state index contributed by atoms with van der Waals surface area (Å²) in [5.41, 5.74) is 0.950. The van der Waals surface area contributed by atoms with Crippen LogP contribution in [0.25, 0.3) is 0 Å². The Balaban J connectivity index is 2.08. The molecular weight excluding hydrogens is 244 g/mol. The van der Waals surface area contributed by atoms with Crippen molar-refractivity contribution >= 4 is 23.4 Å². The number of nitrogens with zero attached hydrogens (tertiary/aromatic N) is 1. The monoisotopic (exact) mass is 256 g/mol. The Morgan fingerprint density at radius 3 is 3.06 bits per heavy atom. The standard InChI is InChI=1S/C11H13ClN2OS/c12-5-8-13-10(15)9-6-3-1-2-4-7(6)16-11(9)14-8/h6-7H,1-5H2,(H,13,14,15). The van der Waals surface area contributed by atoms with Gasteiger partial charge in [0.05, 0.1) is 11.4 Å². The van der Waals surface area contributed by atoms with Crippen molar-refractivity contribution in [3.63, 3.8) is 0 Å². The van der Waals surface area contributed by atoms with E-state index in [1.807, 2.05) is 0 Å². The molecule has 1 fully saturated rings. The Morgan fingerprint density at radius 2 is 2.25 bits per heavy atom. The fraction of sp³-hybridized carbons (Fsp3) is 0.636. The van der Waals surface area contributed by atoms with Crippen LogP contribution in [0.4, 0.5) is 0 Å². The van der Waals surface area contributed by atoms with Gasteiger partial charge in [0, 0.05) is 11.2 Å². The molecule has 0 saturated heterocycles. The number of hydrogen-bond acceptors (Lipinski definition) is 3. The molecule has 1 aliphatic heterocycles. The minimum Gasteiger partial charge on any atom is -0.309 e. The molecule has 2 atom stereocenters. The van der Waals surface area contributed by atoms with Crippen LogP contribution < -0.4 is 5.56 Å². The maximum Gasteiger partial charge on any atom is 0.255 e. The minimum absolute atomic E-state index is 0.0301. The molecule has 86 valence electrons. The smallest absolute Gasteiger partial charge is 0.255 e. The van der Waals surface area contributed by atoms with Crippen molar-refractivity contribution in [1.29, 1.82) is 0 Å². The maximum atomic E-state index is 12.0. The summed E-state index contributed by atoms with van der Waals surface area (Å²) in [5.74, 6) is 1.30. The van der Waals surface area contributed by atoms with Crippen molar-refractivity contribution in [2.75, 3.05) is 0 Å². The van der Waals surface area contributed by atoms with Crippen LogP contribution in [0.2, 0.25) is 0 Å². The largest absolute Gasteiger partial charge is 0.309 e. The minimum atomic E-state index is 0.0301. The van der Waals surface area contributed by atoms with Gasteiger partial charge in [-0.15, -0.1) is 23.4 Å². The number of hydrogen-bond donors (Lipinski definition) is 1. The Labute approximate surface area is 103 Å². The molecule has 1 N–H and O–H groups in total. The summed E-state index contributed by atoms with van der Waals surface area (Å²) in [4.78, 5) is 19.2. The number of H-pyrrole nitrogens is 1. The lowest BCUT2D eigenvalue weighted by Gasteiger charge is -2.23. The number of nitrogens with one attached hydrogen (secondary N) is 1. The van der Waals surface area contributed by atoms with Gasteiger partial charge < -0.3 is 4.98 Å². The lowest BCUT2D eigenvalue weighted by atomic mass is 9.85. The summed E-state index contributed by atoms with van der Waals surface area (Å²) in [6, 6.07) is 0. The third kappa shape index (κ3) is 1.59. The zero-order valence-corrected chi connectivity index (χ0v) is 10.4. The lowest BCUT2D eigenvalue weighted by Crippen LogP contribution is -2.23. The van der Waals surface area contributed by atoms with E-state index in [1.54, 1.807) is 11.8 Å². The summed E-state index contributed by atoms with van der Waals surface area (Å²) in [6.07, 6.45) is 4.86. The zero-order chi connectivity index (χ0) is 11.1. The molecule has 0 aromatic carbocycles. The fourth-order valence-corrected chi connectivity index (χ4v) is 4.37. The van der Waals surface area contributed by atoms with E-state index < -0.39 is 0 Å². The number of rotatable bonds is 1. The van der Waals surface area contributed by atoms with Gasteiger partial charge in [0.2, 0.25) is 0 Å². The molecule has 16 heavy (non-hydrogen) atoms. The molecule has 3 rings (SSSR count). The van der Waals surface area contributed by atoms with Gasteiger partial charge in [-0.3, -0.25) is 4.79 Å². The third-order valence-electron chi connectivity index (χ3n) is 3.43. The van der Waals surface area contributed by atoms with Gasteiger partial charge in [-0.2, -0.15) is 0 Å². The van der Waals surface area contributed by atoms with Crippen molar-refractivity contribution < 1.29 is 0 Å². The Kier molecular flexibility index (Phi) is 2.72. The van der Waals surface area contributed by atoms with Gasteiger partial charge in [0.25, 0.3) is 5.56 Å². The maximum absolute atomic E-state index is 12.0. The van der Waals surface area contributed by atoms with Gasteiger partial charge in [0.15, 0.2) is 0 Å². The van der Waals surface area contributed by atoms with Gasteiger partial charge in [0.1, 0.15) is 10.9 Å². The topological polar surface area (TPSA) is 45.8 Å². The zero-order valence-electron chi connectivity index (χ0n) is 8.83. The third-order valence-corrected chi connectivity index (χ3v) is 5.09. The number of fused-ring (bicyclic) bond motifs is 3. The first-order valence-electron chi connectivity index (χ1n) is 5.65. The van der Waals surface area contributed by atoms with Crippen LogP contribution in [-0.4, -0.2) is 15.2 Å². The summed E-state index contributed by atoms with van der Waals surface area (Å²) < 4.78 is 0. The van der Waals surface area contributed by atoms with Crippen molar-refractivity contribution in [3.05, 3.63) is 21.7 Å². The molecule has 1 aliphatic carbocycles. The second-order valence-electron chi connectivity index (χ2n) is 4.41. The summed E-state index contributed by atoms with van der Waals surface area (Å²) in [7, 11) is 0. The second kappa shape index (κ2) is 4.08. The quantitative estimate of drug-likeness (QED) is 0.621. The van der Waals surface area contributed by atoms with Crippen LogP contribution in [0.5, 0.6) is 0 Å². The summed E-state index contributed by atoms with van der Waals surface area (Å²) >= 11 is 7.49. The number of aromatic amines is 1. The molecule has 0 spiro atoms. The van der Waals surface area contributed by atoms with Gasteiger partial charge >= 0.3 is 0 Å². The second-order valence-corrected chi connectivity index (χ2v) is 5.91. The van der Waals surface area contributed by atoms with Crippen molar-refractivity contribution in [2.24, 2.45) is 0 Å². The van der Waals surface area contributed by atoms with Crippen molar-refractivity contribution in [1.82, 2.24) is 9.97 Å². The van der Waals surface area contributed by atoms with E-state index in [0.29, 0.717) is 17.0 Å². The van der Waals surface area contributed by atoms with E-state index in [4.69, 9.17) is 11.6 Å². The van der Waals surface area contributed by atoms with E-state index >= 15 is 0 Å². The van der Waals surface area contributed by atoms with Gasteiger partial charge in [-0.1, -0.05) is 12.8 Å². The Bertz CT molecular complexity index is 474. The Morgan fingerprint density at radius 1 is 1.44 bits per heavy atom. The SMILES string of the molecule is O=c1[nH]c(CCl)nc2c1C1CCCCC1S2. The van der Waals surface area contributed by atoms with Crippen LogP contribution in [0, 0.1) is 0 Å². The predicted molar refractivity (Wildman–Crippen MR) is 65.3 cm³/mol. The molecule has 1 aromatic heterocycles. The number of aromatic nitrogens is 2. The molecule has 0 amide bonds. The molecule has 1 aromatic rings. The molecule has 5 heteroatoms. The number of alkyl halides is 1. The molecular formula is C11H13ClN2OS. The van der Waals surface area contributed by atoms with Crippen LogP contribution in [-0.2, 0) is 5.88 Å². The lowest BCUT2D eigenvalue weighted by molar-refractivity contribution is 0.457. The molecule has 2 aliphatic rings. The van der Waals surface area contributed by atoms with Crippen LogP contribution in [0.3, 0.4) is 0 Å². The first-order valence-corrected chi connectivity index (χ1v) is 7.06. The first-order chi connectivity index (χ1) is 7.79. The molecule has 0 radical (unpaired) electrons. The molecule has 1 saturated carbocycles. The van der Waals surface area contributed by atoms with Gasteiger partial charge in [-0.05, 0) is 12.8 Å². The van der Waals surface area contributed by atoms with Crippen LogP contribution >= 0.6 is 23.4 Å². The molecule has 0 bridgehead atoms.